The van der Waals surface area contributed by atoms with E-state index >= 15 is 0 Å². The number of hydrogen-bond donors (Lipinski definition) is 1. The number of pyridine rings is 1. The van der Waals surface area contributed by atoms with Crippen LogP contribution in [0.25, 0.3) is 11.4 Å². The summed E-state index contributed by atoms with van der Waals surface area (Å²) < 4.78 is 18.4. The molecule has 0 spiro atoms. The number of halogens is 2. The van der Waals surface area contributed by atoms with Crippen molar-refractivity contribution in [1.82, 2.24) is 10.1 Å². The fourth-order valence-electron chi connectivity index (χ4n) is 1.35. The second-order valence-electron chi connectivity index (χ2n) is 3.21. The van der Waals surface area contributed by atoms with Crippen molar-refractivity contribution in [3.05, 3.63) is 34.4 Å². The molecule has 0 aliphatic carbocycles. The topological polar surface area (TPSA) is 59.2 Å². The molecule has 16 heavy (non-hydrogen) atoms. The van der Waals surface area contributed by atoms with E-state index in [4.69, 9.17) is 21.2 Å². The van der Waals surface area contributed by atoms with Crippen molar-refractivity contribution in [3.63, 3.8) is 0 Å². The molecule has 0 saturated heterocycles. The van der Waals surface area contributed by atoms with Crippen LogP contribution in [-0.2, 0) is 6.61 Å². The van der Waals surface area contributed by atoms with Gasteiger partial charge < -0.3 is 9.63 Å². The Kier molecular flexibility index (Phi) is 2.89. The number of nitrogens with zero attached hydrogens (tertiary/aromatic N) is 2. The highest BCUT2D eigenvalue weighted by Gasteiger charge is 2.18. The molecule has 0 saturated carbocycles. The SMILES string of the molecule is Cc1onc(-c2ncc(Cl)cc2F)c1CO. The second kappa shape index (κ2) is 4.19. The molecule has 0 aliphatic heterocycles. The van der Waals surface area contributed by atoms with Crippen LogP contribution in [0.3, 0.4) is 0 Å². The van der Waals surface area contributed by atoms with Gasteiger partial charge in [0.25, 0.3) is 0 Å². The van der Waals surface area contributed by atoms with E-state index in [1.54, 1.807) is 6.92 Å². The minimum Gasteiger partial charge on any atom is -0.391 e. The summed E-state index contributed by atoms with van der Waals surface area (Å²) in [7, 11) is 0. The molecule has 0 amide bonds. The summed E-state index contributed by atoms with van der Waals surface area (Å²) in [5, 5.41) is 13.0. The van der Waals surface area contributed by atoms with Crippen LogP contribution in [0.15, 0.2) is 16.8 Å². The molecular formula is C10H8ClFN2O2. The molecule has 84 valence electrons. The molecule has 6 heteroatoms. The Morgan fingerprint density at radius 1 is 1.50 bits per heavy atom. The smallest absolute Gasteiger partial charge is 0.152 e. The van der Waals surface area contributed by atoms with Crippen molar-refractivity contribution < 1.29 is 14.0 Å². The van der Waals surface area contributed by atoms with Crippen molar-refractivity contribution in [3.8, 4) is 11.4 Å². The average molecular weight is 243 g/mol. The Morgan fingerprint density at radius 3 is 2.88 bits per heavy atom. The molecule has 0 aliphatic rings. The predicted molar refractivity (Wildman–Crippen MR) is 55.4 cm³/mol. The zero-order valence-electron chi connectivity index (χ0n) is 8.37. The molecule has 0 unspecified atom stereocenters. The number of aliphatic hydroxyl groups is 1. The first kappa shape index (κ1) is 11.0. The van der Waals surface area contributed by atoms with Crippen LogP contribution in [0.5, 0.6) is 0 Å². The van der Waals surface area contributed by atoms with Crippen LogP contribution in [0.2, 0.25) is 5.02 Å². The molecule has 2 aromatic rings. The summed E-state index contributed by atoms with van der Waals surface area (Å²) in [6, 6.07) is 1.13. The minimum absolute atomic E-state index is 0.0188. The van der Waals surface area contributed by atoms with Crippen LogP contribution in [-0.4, -0.2) is 15.2 Å². The van der Waals surface area contributed by atoms with E-state index in [0.29, 0.717) is 11.3 Å². The van der Waals surface area contributed by atoms with E-state index in [2.05, 4.69) is 10.1 Å². The van der Waals surface area contributed by atoms with E-state index in [1.165, 1.54) is 6.20 Å². The van der Waals surface area contributed by atoms with Gasteiger partial charge in [0.15, 0.2) is 5.82 Å². The molecular weight excluding hydrogens is 235 g/mol. The third-order valence-corrected chi connectivity index (χ3v) is 2.38. The van der Waals surface area contributed by atoms with Gasteiger partial charge in [-0.3, -0.25) is 0 Å². The first-order valence-corrected chi connectivity index (χ1v) is 4.88. The molecule has 0 aromatic carbocycles. The van der Waals surface area contributed by atoms with Crippen molar-refractivity contribution in [2.75, 3.05) is 0 Å². The third-order valence-electron chi connectivity index (χ3n) is 2.17. The van der Waals surface area contributed by atoms with Gasteiger partial charge >= 0.3 is 0 Å². The van der Waals surface area contributed by atoms with Gasteiger partial charge in [0.2, 0.25) is 0 Å². The van der Waals surface area contributed by atoms with E-state index < -0.39 is 5.82 Å². The Morgan fingerprint density at radius 2 is 2.25 bits per heavy atom. The quantitative estimate of drug-likeness (QED) is 0.878. The van der Waals surface area contributed by atoms with E-state index in [0.717, 1.165) is 6.07 Å². The van der Waals surface area contributed by atoms with Gasteiger partial charge in [-0.1, -0.05) is 16.8 Å². The molecule has 0 bridgehead atoms. The Labute approximate surface area is 95.7 Å². The zero-order valence-corrected chi connectivity index (χ0v) is 9.12. The highest BCUT2D eigenvalue weighted by molar-refractivity contribution is 6.30. The lowest BCUT2D eigenvalue weighted by Gasteiger charge is -2.00. The van der Waals surface area contributed by atoms with Crippen molar-refractivity contribution in [2.45, 2.75) is 13.5 Å². The lowest BCUT2D eigenvalue weighted by atomic mass is 10.1. The summed E-state index contributed by atoms with van der Waals surface area (Å²) in [5.41, 5.74) is 0.646. The number of aryl methyl sites for hydroxylation is 1. The molecule has 4 nitrogen and oxygen atoms in total. The number of aliphatic hydroxyl groups excluding tert-OH is 1. The van der Waals surface area contributed by atoms with Gasteiger partial charge in [-0.2, -0.15) is 0 Å². The zero-order chi connectivity index (χ0) is 11.7. The maximum atomic E-state index is 13.6. The number of aromatic nitrogens is 2. The third kappa shape index (κ3) is 1.79. The van der Waals surface area contributed by atoms with E-state index in [-0.39, 0.29) is 23.0 Å². The molecule has 2 heterocycles. The van der Waals surface area contributed by atoms with Gasteiger partial charge in [0.05, 0.1) is 11.6 Å². The van der Waals surface area contributed by atoms with Crippen LogP contribution in [0.1, 0.15) is 11.3 Å². The number of rotatable bonds is 2. The first-order valence-electron chi connectivity index (χ1n) is 4.51. The van der Waals surface area contributed by atoms with Crippen molar-refractivity contribution >= 4 is 11.6 Å². The summed E-state index contributed by atoms with van der Waals surface area (Å²) >= 11 is 5.59. The normalized spacial score (nSPS) is 10.8. The largest absolute Gasteiger partial charge is 0.391 e. The van der Waals surface area contributed by atoms with Crippen molar-refractivity contribution in [2.24, 2.45) is 0 Å². The summed E-state index contributed by atoms with van der Waals surface area (Å²) in [6.45, 7) is 1.35. The van der Waals surface area contributed by atoms with Gasteiger partial charge in [0, 0.05) is 11.8 Å². The van der Waals surface area contributed by atoms with E-state index in [1.807, 2.05) is 0 Å². The fourth-order valence-corrected chi connectivity index (χ4v) is 1.50. The minimum atomic E-state index is -0.601. The Balaban J connectivity index is 2.58. The van der Waals surface area contributed by atoms with Gasteiger partial charge in [-0.25, -0.2) is 9.37 Å². The van der Waals surface area contributed by atoms with Crippen LogP contribution < -0.4 is 0 Å². The summed E-state index contributed by atoms with van der Waals surface area (Å²) in [5.74, 6) is -0.163. The molecule has 2 aromatic heterocycles. The first-order chi connectivity index (χ1) is 7.63. The van der Waals surface area contributed by atoms with Gasteiger partial charge in [-0.15, -0.1) is 0 Å². The highest BCUT2D eigenvalue weighted by atomic mass is 35.5. The lowest BCUT2D eigenvalue weighted by molar-refractivity contribution is 0.278. The van der Waals surface area contributed by atoms with E-state index in [9.17, 15) is 4.39 Å². The summed E-state index contributed by atoms with van der Waals surface area (Å²) in [4.78, 5) is 3.83. The summed E-state index contributed by atoms with van der Waals surface area (Å²) in [6.07, 6.45) is 1.31. The van der Waals surface area contributed by atoms with Crippen LogP contribution >= 0.6 is 11.6 Å². The fraction of sp³-hybridized carbons (Fsp3) is 0.200. The molecule has 2 rings (SSSR count). The molecule has 0 atom stereocenters. The molecule has 0 radical (unpaired) electrons. The maximum absolute atomic E-state index is 13.6. The highest BCUT2D eigenvalue weighted by Crippen LogP contribution is 2.26. The standard InChI is InChI=1S/C10H8ClFN2O2/c1-5-7(4-15)9(14-16-5)10-8(12)2-6(11)3-13-10/h2-3,15H,4H2,1H3. The van der Waals surface area contributed by atoms with Crippen molar-refractivity contribution in [1.29, 1.82) is 0 Å². The Bertz CT molecular complexity index is 528. The Hall–Kier alpha value is -1.46. The van der Waals surface area contributed by atoms with Gasteiger partial charge in [0.1, 0.15) is 17.1 Å². The van der Waals surface area contributed by atoms with Gasteiger partial charge in [-0.05, 0) is 13.0 Å². The predicted octanol–water partition coefficient (Wildman–Crippen LogP) is 2.33. The maximum Gasteiger partial charge on any atom is 0.152 e. The molecule has 1 N–H and O–H groups in total. The molecule has 0 fully saturated rings. The average Bonchev–Trinajstić information content (AvgIpc) is 2.59. The van der Waals surface area contributed by atoms with Crippen LogP contribution in [0, 0.1) is 12.7 Å². The monoisotopic (exact) mass is 242 g/mol. The number of hydrogen-bond acceptors (Lipinski definition) is 4. The second-order valence-corrected chi connectivity index (χ2v) is 3.64. The lowest BCUT2D eigenvalue weighted by Crippen LogP contribution is -1.94. The van der Waals surface area contributed by atoms with Crippen LogP contribution in [0.4, 0.5) is 4.39 Å².